The highest BCUT2D eigenvalue weighted by Crippen LogP contribution is 2.26. The summed E-state index contributed by atoms with van der Waals surface area (Å²) in [5, 5.41) is 3.04. The van der Waals surface area contributed by atoms with Crippen molar-refractivity contribution in [2.45, 2.75) is 30.5 Å². The fourth-order valence-corrected chi connectivity index (χ4v) is 3.02. The average molecular weight is 249 g/mol. The zero-order chi connectivity index (χ0) is 11.1. The zero-order valence-electron chi connectivity index (χ0n) is 8.60. The molecule has 2 atom stereocenters. The minimum absolute atomic E-state index is 0.00812. The molecule has 2 unspecified atom stereocenters. The van der Waals surface area contributed by atoms with Crippen LogP contribution < -0.4 is 5.32 Å². The normalized spacial score (nSPS) is 25.1. The van der Waals surface area contributed by atoms with E-state index in [0.29, 0.717) is 12.4 Å². The molecule has 0 spiro atoms. The average Bonchev–Trinajstić information content (AvgIpc) is 2.67. The first-order valence-electron chi connectivity index (χ1n) is 4.91. The van der Waals surface area contributed by atoms with Crippen LogP contribution in [0, 0.1) is 0 Å². The Morgan fingerprint density at radius 3 is 3.20 bits per heavy atom. The lowest BCUT2D eigenvalue weighted by Crippen LogP contribution is -2.37. The van der Waals surface area contributed by atoms with Crippen LogP contribution in [0.5, 0.6) is 0 Å². The largest absolute Gasteiger partial charge is 0.465 e. The molecule has 0 aromatic carbocycles. The van der Waals surface area contributed by atoms with Gasteiger partial charge in [-0.1, -0.05) is 25.1 Å². The molecule has 0 amide bonds. The number of rotatable bonds is 6. The minimum atomic E-state index is -0.260. The molecule has 1 rings (SSSR count). The molecule has 0 aliphatic carbocycles. The van der Waals surface area contributed by atoms with E-state index in [1.165, 1.54) is 0 Å². The number of hydrogen-bond donors (Lipinski definition) is 1. The summed E-state index contributed by atoms with van der Waals surface area (Å²) in [5.41, 5.74) is 0.787. The fourth-order valence-electron chi connectivity index (χ4n) is 1.13. The maximum Gasteiger partial charge on any atom is 0.324 e. The molecule has 1 N–H and O–H groups in total. The lowest BCUT2D eigenvalue weighted by atomic mass is 10.3. The van der Waals surface area contributed by atoms with Gasteiger partial charge in [-0.05, 0) is 6.42 Å². The molecule has 0 aromatic heterocycles. The van der Waals surface area contributed by atoms with Crippen molar-refractivity contribution in [1.29, 1.82) is 0 Å². The number of hydrogen-bond acceptors (Lipinski definition) is 6. The van der Waals surface area contributed by atoms with Gasteiger partial charge in [0.25, 0.3) is 0 Å². The van der Waals surface area contributed by atoms with Gasteiger partial charge in [0, 0.05) is 5.75 Å². The summed E-state index contributed by atoms with van der Waals surface area (Å²) in [6.07, 6.45) is 1.92. The Kier molecular flexibility index (Phi) is 6.12. The van der Waals surface area contributed by atoms with E-state index in [4.69, 9.17) is 4.74 Å². The van der Waals surface area contributed by atoms with Crippen molar-refractivity contribution in [3.8, 4) is 0 Å². The first-order chi connectivity index (χ1) is 7.27. The minimum Gasteiger partial charge on any atom is -0.465 e. The van der Waals surface area contributed by atoms with Gasteiger partial charge >= 0.3 is 5.97 Å². The molecular formula is C9H15NO3S2. The molecule has 0 saturated carbocycles. The second kappa shape index (κ2) is 7.14. The predicted octanol–water partition coefficient (Wildman–Crippen LogP) is 1.24. The van der Waals surface area contributed by atoms with Crippen LogP contribution in [0.1, 0.15) is 19.8 Å². The standard InChI is InChI=1S/C9H15NO3S2/c1-2-3-4-13-8(12)7-5-14-9(10-7)15-6-11/h6-7,9-10H,2-5H2,1H3. The molecule has 1 heterocycles. The number of unbranched alkanes of at least 4 members (excludes halogenated alkanes) is 1. The van der Waals surface area contributed by atoms with Crippen molar-refractivity contribution >= 4 is 35.1 Å². The topological polar surface area (TPSA) is 55.4 Å². The SMILES string of the molecule is CCCCOC(=O)C1CSC(SC=O)N1. The smallest absolute Gasteiger partial charge is 0.324 e. The molecule has 1 fully saturated rings. The van der Waals surface area contributed by atoms with Gasteiger partial charge in [0.1, 0.15) is 10.7 Å². The van der Waals surface area contributed by atoms with Crippen molar-refractivity contribution in [1.82, 2.24) is 5.32 Å². The van der Waals surface area contributed by atoms with Crippen LogP contribution in [0.2, 0.25) is 0 Å². The molecule has 0 bridgehead atoms. The highest BCUT2D eigenvalue weighted by Gasteiger charge is 2.30. The van der Waals surface area contributed by atoms with Crippen molar-refractivity contribution in [3.05, 3.63) is 0 Å². The Labute approximate surface area is 97.9 Å². The highest BCUT2D eigenvalue weighted by molar-refractivity contribution is 8.23. The molecule has 1 aliphatic rings. The Hall–Kier alpha value is -0.200. The first-order valence-corrected chi connectivity index (χ1v) is 6.90. The Bertz CT molecular complexity index is 225. The van der Waals surface area contributed by atoms with Crippen LogP contribution in [0.4, 0.5) is 0 Å². The van der Waals surface area contributed by atoms with Crippen molar-refractivity contribution in [2.24, 2.45) is 0 Å². The zero-order valence-corrected chi connectivity index (χ0v) is 10.2. The van der Waals surface area contributed by atoms with Crippen LogP contribution in [0.3, 0.4) is 0 Å². The van der Waals surface area contributed by atoms with Crippen LogP contribution in [0.25, 0.3) is 0 Å². The van der Waals surface area contributed by atoms with E-state index in [9.17, 15) is 9.59 Å². The summed E-state index contributed by atoms with van der Waals surface area (Å²) in [6, 6.07) is -0.260. The lowest BCUT2D eigenvalue weighted by Gasteiger charge is -2.10. The second-order valence-electron chi connectivity index (χ2n) is 3.14. The number of thioether (sulfide) groups is 2. The predicted molar refractivity (Wildman–Crippen MR) is 63.4 cm³/mol. The van der Waals surface area contributed by atoms with Crippen molar-refractivity contribution in [2.75, 3.05) is 12.4 Å². The van der Waals surface area contributed by atoms with E-state index in [-0.39, 0.29) is 16.7 Å². The van der Waals surface area contributed by atoms with E-state index in [0.717, 1.165) is 30.2 Å². The summed E-state index contributed by atoms with van der Waals surface area (Å²) in [4.78, 5) is 21.7. The molecule has 6 heteroatoms. The molecule has 1 aliphatic heterocycles. The van der Waals surface area contributed by atoms with Gasteiger partial charge in [0.2, 0.25) is 0 Å². The van der Waals surface area contributed by atoms with E-state index in [1.807, 2.05) is 6.92 Å². The monoisotopic (exact) mass is 249 g/mol. The summed E-state index contributed by atoms with van der Waals surface area (Å²) in [6.45, 7) is 2.54. The van der Waals surface area contributed by atoms with Crippen LogP contribution in [0.15, 0.2) is 0 Å². The van der Waals surface area contributed by atoms with Gasteiger partial charge < -0.3 is 4.74 Å². The van der Waals surface area contributed by atoms with E-state index < -0.39 is 0 Å². The number of carbonyl (C=O) groups excluding carboxylic acids is 2. The lowest BCUT2D eigenvalue weighted by molar-refractivity contribution is -0.145. The van der Waals surface area contributed by atoms with Gasteiger partial charge in [-0.3, -0.25) is 14.9 Å². The molecule has 15 heavy (non-hydrogen) atoms. The quantitative estimate of drug-likeness (QED) is 0.434. The van der Waals surface area contributed by atoms with Gasteiger partial charge in [-0.2, -0.15) is 0 Å². The maximum absolute atomic E-state index is 11.5. The molecule has 1 saturated heterocycles. The van der Waals surface area contributed by atoms with Gasteiger partial charge in [-0.25, -0.2) is 0 Å². The number of carbonyl (C=O) groups is 2. The summed E-state index contributed by atoms with van der Waals surface area (Å²) in [5.74, 6) is 0.473. The third kappa shape index (κ3) is 4.44. The van der Waals surface area contributed by atoms with Crippen LogP contribution in [-0.2, 0) is 14.3 Å². The molecule has 0 radical (unpaired) electrons. The Balaban J connectivity index is 2.21. The third-order valence-electron chi connectivity index (χ3n) is 1.96. The second-order valence-corrected chi connectivity index (χ2v) is 5.51. The van der Waals surface area contributed by atoms with Gasteiger partial charge in [0.05, 0.1) is 6.61 Å². The number of ether oxygens (including phenoxy) is 1. The molecular weight excluding hydrogens is 234 g/mol. The molecule has 4 nitrogen and oxygen atoms in total. The van der Waals surface area contributed by atoms with E-state index in [1.54, 1.807) is 11.8 Å². The maximum atomic E-state index is 11.5. The van der Waals surface area contributed by atoms with Crippen LogP contribution >= 0.6 is 23.5 Å². The number of nitrogens with one attached hydrogen (secondary N) is 1. The molecule has 0 aromatic rings. The van der Waals surface area contributed by atoms with E-state index in [2.05, 4.69) is 5.32 Å². The van der Waals surface area contributed by atoms with Gasteiger partial charge in [-0.15, -0.1) is 11.8 Å². The summed E-state index contributed by atoms with van der Waals surface area (Å²) < 4.78 is 5.07. The highest BCUT2D eigenvalue weighted by atomic mass is 32.2. The van der Waals surface area contributed by atoms with Crippen LogP contribution in [-0.4, -0.2) is 34.7 Å². The van der Waals surface area contributed by atoms with Crippen molar-refractivity contribution < 1.29 is 14.3 Å². The van der Waals surface area contributed by atoms with Gasteiger partial charge in [0.15, 0.2) is 5.62 Å². The molecule has 86 valence electrons. The van der Waals surface area contributed by atoms with Crippen molar-refractivity contribution in [3.63, 3.8) is 0 Å². The van der Waals surface area contributed by atoms with E-state index >= 15 is 0 Å². The first kappa shape index (κ1) is 12.9. The number of esters is 1. The Morgan fingerprint density at radius 2 is 2.53 bits per heavy atom. The summed E-state index contributed by atoms with van der Waals surface area (Å²) in [7, 11) is 0. The summed E-state index contributed by atoms with van der Waals surface area (Å²) >= 11 is 2.71. The fraction of sp³-hybridized carbons (Fsp3) is 0.778. The Morgan fingerprint density at radius 1 is 1.73 bits per heavy atom. The third-order valence-corrected chi connectivity index (χ3v) is 4.16.